The molecular weight excluding hydrogens is 278 g/mol. The van der Waals surface area contributed by atoms with Gasteiger partial charge in [0.25, 0.3) is 0 Å². The molecule has 1 N–H and O–H groups in total. The van der Waals surface area contributed by atoms with Crippen LogP contribution in [0, 0.1) is 0 Å². The van der Waals surface area contributed by atoms with E-state index in [1.165, 1.54) is 22.5 Å². The molecule has 108 valence electrons. The third kappa shape index (κ3) is 3.46. The van der Waals surface area contributed by atoms with Gasteiger partial charge in [0.1, 0.15) is 0 Å². The summed E-state index contributed by atoms with van der Waals surface area (Å²) in [4.78, 5) is 10.7. The van der Waals surface area contributed by atoms with Crippen LogP contribution in [0.3, 0.4) is 0 Å². The monoisotopic (exact) mass is 295 g/mol. The number of carbonyl (C=O) groups is 1. The summed E-state index contributed by atoms with van der Waals surface area (Å²) in [6.07, 6.45) is 5.33. The lowest BCUT2D eigenvalue weighted by Gasteiger charge is -2.25. The molecular formula is C14H17NO4S. The summed E-state index contributed by atoms with van der Waals surface area (Å²) in [6.45, 7) is 1.14. The number of aliphatic carboxylic acids is 1. The number of hydrogen-bond donors (Lipinski definition) is 1. The van der Waals surface area contributed by atoms with E-state index < -0.39 is 16.0 Å². The Morgan fingerprint density at radius 2 is 1.70 bits per heavy atom. The Hall–Kier alpha value is -1.66. The summed E-state index contributed by atoms with van der Waals surface area (Å²) in [5.41, 5.74) is 0.657. The zero-order valence-corrected chi connectivity index (χ0v) is 11.8. The molecule has 0 aliphatic carbocycles. The molecule has 20 heavy (non-hydrogen) atoms. The molecule has 0 amide bonds. The molecule has 0 radical (unpaired) electrons. The summed E-state index contributed by atoms with van der Waals surface area (Å²) in [5.74, 6) is -1.03. The number of hydrogen-bond acceptors (Lipinski definition) is 3. The Labute approximate surface area is 118 Å². The van der Waals surface area contributed by atoms with Gasteiger partial charge in [-0.25, -0.2) is 13.2 Å². The molecule has 1 aromatic carbocycles. The number of rotatable bonds is 4. The van der Waals surface area contributed by atoms with Crippen LogP contribution in [0.5, 0.6) is 0 Å². The van der Waals surface area contributed by atoms with Gasteiger partial charge in [-0.1, -0.05) is 18.6 Å². The van der Waals surface area contributed by atoms with Gasteiger partial charge in [-0.15, -0.1) is 0 Å². The molecule has 5 nitrogen and oxygen atoms in total. The lowest BCUT2D eigenvalue weighted by atomic mass is 10.2. The van der Waals surface area contributed by atoms with Crippen molar-refractivity contribution in [3.05, 3.63) is 35.9 Å². The van der Waals surface area contributed by atoms with Gasteiger partial charge in [0.15, 0.2) is 0 Å². The minimum absolute atomic E-state index is 0.256. The number of carboxylic acids is 1. The van der Waals surface area contributed by atoms with Crippen molar-refractivity contribution in [1.29, 1.82) is 0 Å². The van der Waals surface area contributed by atoms with Crippen molar-refractivity contribution in [2.45, 2.75) is 24.2 Å². The average Bonchev–Trinajstić information content (AvgIpc) is 2.46. The van der Waals surface area contributed by atoms with Crippen LogP contribution < -0.4 is 0 Å². The van der Waals surface area contributed by atoms with E-state index in [2.05, 4.69) is 0 Å². The van der Waals surface area contributed by atoms with Crippen molar-refractivity contribution in [2.75, 3.05) is 13.1 Å². The molecule has 1 heterocycles. The summed E-state index contributed by atoms with van der Waals surface area (Å²) in [7, 11) is -3.42. The van der Waals surface area contributed by atoms with Crippen LogP contribution in [0.4, 0.5) is 0 Å². The van der Waals surface area contributed by atoms with Gasteiger partial charge >= 0.3 is 5.97 Å². The highest BCUT2D eigenvalue weighted by Gasteiger charge is 2.25. The van der Waals surface area contributed by atoms with E-state index in [9.17, 15) is 13.2 Å². The first-order valence-corrected chi connectivity index (χ1v) is 7.95. The first-order valence-electron chi connectivity index (χ1n) is 6.51. The minimum Gasteiger partial charge on any atom is -0.478 e. The Kier molecular flexibility index (Phi) is 4.57. The number of sulfonamides is 1. The molecule has 1 aliphatic rings. The number of carboxylic acid groups (broad SMARTS) is 1. The molecule has 0 bridgehead atoms. The summed E-state index contributed by atoms with van der Waals surface area (Å²) in [5, 5.41) is 8.54. The first-order chi connectivity index (χ1) is 9.50. The van der Waals surface area contributed by atoms with Crippen LogP contribution in [0.15, 0.2) is 35.2 Å². The normalized spacial score (nSPS) is 17.4. The second kappa shape index (κ2) is 6.19. The largest absolute Gasteiger partial charge is 0.478 e. The van der Waals surface area contributed by atoms with E-state index in [-0.39, 0.29) is 4.90 Å². The summed E-state index contributed by atoms with van der Waals surface area (Å²) in [6, 6.07) is 6.25. The average molecular weight is 295 g/mol. The zero-order chi connectivity index (χ0) is 14.6. The molecule has 2 rings (SSSR count). The van der Waals surface area contributed by atoms with Crippen LogP contribution in [0.25, 0.3) is 6.08 Å². The highest BCUT2D eigenvalue weighted by molar-refractivity contribution is 7.89. The second-order valence-corrected chi connectivity index (χ2v) is 6.64. The SMILES string of the molecule is O=C(O)C=Cc1ccc(S(=O)(=O)N2CCCCC2)cc1. The fourth-order valence-electron chi connectivity index (χ4n) is 2.17. The lowest BCUT2D eigenvalue weighted by molar-refractivity contribution is -0.131. The van der Waals surface area contributed by atoms with Crippen molar-refractivity contribution in [1.82, 2.24) is 4.31 Å². The molecule has 0 atom stereocenters. The fourth-order valence-corrected chi connectivity index (χ4v) is 3.69. The molecule has 6 heteroatoms. The molecule has 1 saturated heterocycles. The van der Waals surface area contributed by atoms with E-state index >= 15 is 0 Å². The predicted octanol–water partition coefficient (Wildman–Crippen LogP) is 1.96. The predicted molar refractivity (Wildman–Crippen MR) is 75.7 cm³/mol. The van der Waals surface area contributed by atoms with E-state index in [0.717, 1.165) is 25.3 Å². The zero-order valence-electron chi connectivity index (χ0n) is 11.0. The van der Waals surface area contributed by atoms with Crippen LogP contribution in [-0.4, -0.2) is 36.9 Å². The van der Waals surface area contributed by atoms with Crippen molar-refractivity contribution in [2.24, 2.45) is 0 Å². The Morgan fingerprint density at radius 3 is 2.25 bits per heavy atom. The maximum absolute atomic E-state index is 12.4. The molecule has 0 aromatic heterocycles. The van der Waals surface area contributed by atoms with Crippen LogP contribution in [0.1, 0.15) is 24.8 Å². The molecule has 1 fully saturated rings. The van der Waals surface area contributed by atoms with Crippen molar-refractivity contribution >= 4 is 22.1 Å². The highest BCUT2D eigenvalue weighted by Crippen LogP contribution is 2.21. The van der Waals surface area contributed by atoms with Gasteiger partial charge in [-0.2, -0.15) is 4.31 Å². The number of nitrogens with zero attached hydrogens (tertiary/aromatic N) is 1. The van der Waals surface area contributed by atoms with Gasteiger partial charge < -0.3 is 5.11 Å². The van der Waals surface area contributed by atoms with E-state index in [1.54, 1.807) is 12.1 Å². The second-order valence-electron chi connectivity index (χ2n) is 4.71. The third-order valence-electron chi connectivity index (χ3n) is 3.25. The Balaban J connectivity index is 2.18. The van der Waals surface area contributed by atoms with Gasteiger partial charge in [-0.3, -0.25) is 0 Å². The maximum atomic E-state index is 12.4. The standard InChI is InChI=1S/C14H17NO4S/c16-14(17)9-6-12-4-7-13(8-5-12)20(18,19)15-10-2-1-3-11-15/h4-9H,1-3,10-11H2,(H,16,17). The van der Waals surface area contributed by atoms with Crippen molar-refractivity contribution in [3.8, 4) is 0 Å². The van der Waals surface area contributed by atoms with Gasteiger partial charge in [-0.05, 0) is 36.6 Å². The van der Waals surface area contributed by atoms with E-state index in [1.807, 2.05) is 0 Å². The van der Waals surface area contributed by atoms with Gasteiger partial charge in [0.05, 0.1) is 4.90 Å². The van der Waals surface area contributed by atoms with Gasteiger partial charge in [0.2, 0.25) is 10.0 Å². The summed E-state index contributed by atoms with van der Waals surface area (Å²) >= 11 is 0. The molecule has 1 aliphatic heterocycles. The lowest BCUT2D eigenvalue weighted by Crippen LogP contribution is -2.35. The first kappa shape index (κ1) is 14.7. The highest BCUT2D eigenvalue weighted by atomic mass is 32.2. The van der Waals surface area contributed by atoms with Crippen LogP contribution in [0.2, 0.25) is 0 Å². The topological polar surface area (TPSA) is 74.7 Å². The van der Waals surface area contributed by atoms with Crippen LogP contribution in [-0.2, 0) is 14.8 Å². The summed E-state index contributed by atoms with van der Waals surface area (Å²) < 4.78 is 26.3. The fraction of sp³-hybridized carbons (Fsp3) is 0.357. The quantitative estimate of drug-likeness (QED) is 0.862. The molecule has 0 unspecified atom stereocenters. The molecule has 1 aromatic rings. The van der Waals surface area contributed by atoms with E-state index in [0.29, 0.717) is 18.7 Å². The number of benzene rings is 1. The smallest absolute Gasteiger partial charge is 0.328 e. The minimum atomic E-state index is -3.42. The molecule has 0 spiro atoms. The van der Waals surface area contributed by atoms with Gasteiger partial charge in [0, 0.05) is 19.2 Å². The van der Waals surface area contributed by atoms with Crippen LogP contribution >= 0.6 is 0 Å². The van der Waals surface area contributed by atoms with E-state index in [4.69, 9.17) is 5.11 Å². The maximum Gasteiger partial charge on any atom is 0.328 e. The van der Waals surface area contributed by atoms with Crippen molar-refractivity contribution in [3.63, 3.8) is 0 Å². The molecule has 0 saturated carbocycles. The number of piperidine rings is 1. The van der Waals surface area contributed by atoms with Crippen molar-refractivity contribution < 1.29 is 18.3 Å². The Morgan fingerprint density at radius 1 is 1.10 bits per heavy atom. The Bertz CT molecular complexity index is 599. The third-order valence-corrected chi connectivity index (χ3v) is 5.16.